The molecule has 2 atom stereocenters. The Labute approximate surface area is 120 Å². The summed E-state index contributed by atoms with van der Waals surface area (Å²) in [4.78, 5) is 12.1. The predicted molar refractivity (Wildman–Crippen MR) is 80.3 cm³/mol. The Balaban J connectivity index is 2.95. The van der Waals surface area contributed by atoms with Gasteiger partial charge in [-0.05, 0) is 24.5 Å². The summed E-state index contributed by atoms with van der Waals surface area (Å²) >= 11 is 0. The molecule has 0 spiro atoms. The molecule has 1 amide bonds. The van der Waals surface area contributed by atoms with Crippen molar-refractivity contribution in [2.45, 2.75) is 33.2 Å². The fourth-order valence-electron chi connectivity index (χ4n) is 1.84. The zero-order valence-corrected chi connectivity index (χ0v) is 12.8. The van der Waals surface area contributed by atoms with E-state index in [0.717, 1.165) is 12.0 Å². The number of ether oxygens (including phenoxy) is 2. The number of benzene rings is 1. The van der Waals surface area contributed by atoms with Crippen molar-refractivity contribution in [1.82, 2.24) is 0 Å². The van der Waals surface area contributed by atoms with Gasteiger partial charge in [0.05, 0.1) is 20.3 Å². The Hall–Kier alpha value is -1.75. The predicted octanol–water partition coefficient (Wildman–Crippen LogP) is 2.32. The van der Waals surface area contributed by atoms with Crippen LogP contribution in [0.1, 0.15) is 25.8 Å². The Morgan fingerprint density at radius 3 is 2.35 bits per heavy atom. The van der Waals surface area contributed by atoms with Gasteiger partial charge in [-0.3, -0.25) is 4.79 Å². The van der Waals surface area contributed by atoms with Crippen LogP contribution in [0.3, 0.4) is 0 Å². The summed E-state index contributed by atoms with van der Waals surface area (Å²) in [5, 5.41) is 2.85. The smallest absolute Gasteiger partial charge is 0.241 e. The Morgan fingerprint density at radius 1 is 1.30 bits per heavy atom. The molecule has 0 aliphatic carbocycles. The second-order valence-corrected chi connectivity index (χ2v) is 4.92. The van der Waals surface area contributed by atoms with E-state index in [9.17, 15) is 4.79 Å². The zero-order valence-electron chi connectivity index (χ0n) is 12.8. The van der Waals surface area contributed by atoms with Crippen LogP contribution in [-0.4, -0.2) is 26.2 Å². The lowest BCUT2D eigenvalue weighted by Gasteiger charge is -2.19. The van der Waals surface area contributed by atoms with Gasteiger partial charge in [0.15, 0.2) is 11.5 Å². The first-order valence-corrected chi connectivity index (χ1v) is 6.73. The van der Waals surface area contributed by atoms with Gasteiger partial charge < -0.3 is 20.5 Å². The van der Waals surface area contributed by atoms with Crippen LogP contribution < -0.4 is 20.5 Å². The van der Waals surface area contributed by atoms with Gasteiger partial charge >= 0.3 is 0 Å². The van der Waals surface area contributed by atoms with Crippen LogP contribution in [0.25, 0.3) is 0 Å². The summed E-state index contributed by atoms with van der Waals surface area (Å²) in [6.07, 6.45) is 0.861. The Bertz CT molecular complexity index is 474. The zero-order chi connectivity index (χ0) is 15.3. The standard InChI is InChI=1S/C15H24N2O3/c1-6-9(2)14(16)15(18)17-11-8-13(20-5)12(19-4)7-10(11)3/h7-9,14H,6,16H2,1-5H3,(H,17,18)/t9-,14-/m0/s1. The number of nitrogens with one attached hydrogen (secondary N) is 1. The number of rotatable bonds is 6. The number of nitrogens with two attached hydrogens (primary N) is 1. The van der Waals surface area contributed by atoms with Gasteiger partial charge in [-0.25, -0.2) is 0 Å². The summed E-state index contributed by atoms with van der Waals surface area (Å²) in [6.45, 7) is 5.87. The minimum absolute atomic E-state index is 0.135. The van der Waals surface area contributed by atoms with Crippen LogP contribution in [0.15, 0.2) is 12.1 Å². The van der Waals surface area contributed by atoms with Gasteiger partial charge in [-0.2, -0.15) is 0 Å². The van der Waals surface area contributed by atoms with Crippen LogP contribution in [0.4, 0.5) is 5.69 Å². The third kappa shape index (κ3) is 3.63. The number of anilines is 1. The molecule has 5 nitrogen and oxygen atoms in total. The van der Waals surface area contributed by atoms with E-state index in [1.165, 1.54) is 0 Å². The number of hydrogen-bond donors (Lipinski definition) is 2. The number of amides is 1. The summed E-state index contributed by atoms with van der Waals surface area (Å²) in [6, 6.07) is 3.05. The van der Waals surface area contributed by atoms with Crippen molar-refractivity contribution in [2.75, 3.05) is 19.5 Å². The fourth-order valence-corrected chi connectivity index (χ4v) is 1.84. The number of carbonyl (C=O) groups is 1. The Morgan fingerprint density at radius 2 is 1.85 bits per heavy atom. The second-order valence-electron chi connectivity index (χ2n) is 4.92. The minimum atomic E-state index is -0.521. The van der Waals surface area contributed by atoms with Crippen LogP contribution in [0.2, 0.25) is 0 Å². The first-order valence-electron chi connectivity index (χ1n) is 6.73. The normalized spacial score (nSPS) is 13.5. The fraction of sp³-hybridized carbons (Fsp3) is 0.533. The van der Waals surface area contributed by atoms with E-state index in [0.29, 0.717) is 17.2 Å². The first kappa shape index (κ1) is 16.3. The highest BCUT2D eigenvalue weighted by Gasteiger charge is 2.20. The molecule has 1 aromatic carbocycles. The summed E-state index contributed by atoms with van der Waals surface area (Å²) in [7, 11) is 3.14. The van der Waals surface area contributed by atoms with Gasteiger partial charge in [0.25, 0.3) is 0 Å². The van der Waals surface area contributed by atoms with Crippen molar-refractivity contribution in [3.05, 3.63) is 17.7 Å². The molecule has 20 heavy (non-hydrogen) atoms. The highest BCUT2D eigenvalue weighted by atomic mass is 16.5. The largest absolute Gasteiger partial charge is 0.493 e. The molecule has 0 fully saturated rings. The van der Waals surface area contributed by atoms with Crippen molar-refractivity contribution in [3.63, 3.8) is 0 Å². The molecule has 0 saturated heterocycles. The third-order valence-corrected chi connectivity index (χ3v) is 3.55. The summed E-state index contributed by atoms with van der Waals surface area (Å²) < 4.78 is 10.5. The number of carbonyl (C=O) groups excluding carboxylic acids is 1. The maximum atomic E-state index is 12.1. The van der Waals surface area contributed by atoms with Crippen LogP contribution >= 0.6 is 0 Å². The molecule has 0 saturated carbocycles. The van der Waals surface area contributed by atoms with E-state index in [1.807, 2.05) is 26.8 Å². The summed E-state index contributed by atoms with van der Waals surface area (Å²) in [5.41, 5.74) is 7.51. The van der Waals surface area contributed by atoms with Crippen LogP contribution in [0, 0.1) is 12.8 Å². The van der Waals surface area contributed by atoms with Gasteiger partial charge in [-0.1, -0.05) is 20.3 Å². The quantitative estimate of drug-likeness (QED) is 0.838. The number of aryl methyl sites for hydroxylation is 1. The average Bonchev–Trinajstić information content (AvgIpc) is 2.46. The van der Waals surface area contributed by atoms with Crippen molar-refractivity contribution >= 4 is 11.6 Å². The lowest BCUT2D eigenvalue weighted by Crippen LogP contribution is -2.40. The molecule has 0 bridgehead atoms. The van der Waals surface area contributed by atoms with Gasteiger partial charge in [0.2, 0.25) is 5.91 Å². The van der Waals surface area contributed by atoms with E-state index in [4.69, 9.17) is 15.2 Å². The maximum Gasteiger partial charge on any atom is 0.241 e. The SMILES string of the molecule is CC[C@H](C)[C@H](N)C(=O)Nc1cc(OC)c(OC)cc1C. The monoisotopic (exact) mass is 280 g/mol. The molecular formula is C15H24N2O3. The van der Waals surface area contributed by atoms with E-state index in [-0.39, 0.29) is 11.8 Å². The van der Waals surface area contributed by atoms with Crippen molar-refractivity contribution in [2.24, 2.45) is 11.7 Å². The van der Waals surface area contributed by atoms with E-state index in [1.54, 1.807) is 20.3 Å². The molecule has 0 radical (unpaired) electrons. The molecule has 1 aromatic rings. The van der Waals surface area contributed by atoms with Crippen molar-refractivity contribution in [3.8, 4) is 11.5 Å². The average molecular weight is 280 g/mol. The lowest BCUT2D eigenvalue weighted by atomic mass is 9.99. The van der Waals surface area contributed by atoms with Crippen LogP contribution in [-0.2, 0) is 4.79 Å². The lowest BCUT2D eigenvalue weighted by molar-refractivity contribution is -0.118. The van der Waals surface area contributed by atoms with E-state index in [2.05, 4.69) is 5.32 Å². The van der Waals surface area contributed by atoms with Gasteiger partial charge in [0.1, 0.15) is 0 Å². The molecule has 0 unspecified atom stereocenters. The minimum Gasteiger partial charge on any atom is -0.493 e. The topological polar surface area (TPSA) is 73.6 Å². The third-order valence-electron chi connectivity index (χ3n) is 3.55. The molecule has 5 heteroatoms. The number of hydrogen-bond acceptors (Lipinski definition) is 4. The van der Waals surface area contributed by atoms with Crippen molar-refractivity contribution < 1.29 is 14.3 Å². The van der Waals surface area contributed by atoms with Gasteiger partial charge in [0, 0.05) is 11.8 Å². The molecule has 1 rings (SSSR count). The first-order chi connectivity index (χ1) is 9.44. The van der Waals surface area contributed by atoms with Crippen LogP contribution in [0.5, 0.6) is 11.5 Å². The molecule has 0 heterocycles. The highest BCUT2D eigenvalue weighted by Crippen LogP contribution is 2.33. The summed E-state index contributed by atoms with van der Waals surface area (Å²) in [5.74, 6) is 1.16. The molecular weight excluding hydrogens is 256 g/mol. The maximum absolute atomic E-state index is 12.1. The Kier molecular flexibility index (Phi) is 5.82. The number of methoxy groups -OCH3 is 2. The highest BCUT2D eigenvalue weighted by molar-refractivity contribution is 5.95. The molecule has 112 valence electrons. The van der Waals surface area contributed by atoms with Gasteiger partial charge in [-0.15, -0.1) is 0 Å². The van der Waals surface area contributed by atoms with E-state index >= 15 is 0 Å². The molecule has 0 aromatic heterocycles. The second kappa shape index (κ2) is 7.14. The molecule has 0 aliphatic rings. The molecule has 0 aliphatic heterocycles. The molecule has 3 N–H and O–H groups in total. The van der Waals surface area contributed by atoms with Crippen molar-refractivity contribution in [1.29, 1.82) is 0 Å². The van der Waals surface area contributed by atoms with E-state index < -0.39 is 6.04 Å².